The van der Waals surface area contributed by atoms with Crippen LogP contribution in [0.15, 0.2) is 243 Å². The van der Waals surface area contributed by atoms with Gasteiger partial charge in [0.1, 0.15) is 5.82 Å². The molecule has 0 saturated heterocycles. The topological polar surface area (TPSA) is 27.7 Å². The molecular weight excluding hydrogens is 837 g/mol. The molecule has 4 aromatic heterocycles. The van der Waals surface area contributed by atoms with E-state index in [1.54, 1.807) is 0 Å². The third-order valence-corrected chi connectivity index (χ3v) is 14.6. The van der Waals surface area contributed by atoms with Gasteiger partial charge in [-0.2, -0.15) is 0 Å². The first kappa shape index (κ1) is 37.9. The lowest BCUT2D eigenvalue weighted by molar-refractivity contribution is 1.09. The Labute approximate surface area is 396 Å². The van der Waals surface area contributed by atoms with Crippen LogP contribution in [0.3, 0.4) is 0 Å². The van der Waals surface area contributed by atoms with Crippen molar-refractivity contribution in [3.63, 3.8) is 0 Å². The van der Waals surface area contributed by atoms with Crippen LogP contribution in [0.1, 0.15) is 0 Å². The van der Waals surface area contributed by atoms with Crippen molar-refractivity contribution in [3.8, 4) is 39.4 Å². The molecule has 0 amide bonds. The van der Waals surface area contributed by atoms with Crippen LogP contribution in [-0.2, 0) is 0 Å². The number of pyridine rings is 1. The molecule has 15 aromatic rings. The zero-order valence-corrected chi connectivity index (χ0v) is 37.4. The summed E-state index contributed by atoms with van der Waals surface area (Å²) < 4.78 is 7.29. The first-order valence-electron chi connectivity index (χ1n) is 23.7. The maximum absolute atomic E-state index is 5.48. The third kappa shape index (κ3) is 5.37. The number of hydrogen-bond donors (Lipinski definition) is 0. The second-order valence-electron chi connectivity index (χ2n) is 18.2. The van der Waals surface area contributed by atoms with E-state index in [2.05, 4.69) is 256 Å². The molecule has 11 aromatic carbocycles. The Morgan fingerprint density at radius 1 is 0.261 bits per heavy atom. The Balaban J connectivity index is 1.03. The lowest BCUT2D eigenvalue weighted by Crippen LogP contribution is -2.00. The third-order valence-electron chi connectivity index (χ3n) is 14.6. The molecule has 0 spiro atoms. The van der Waals surface area contributed by atoms with Crippen molar-refractivity contribution in [2.45, 2.75) is 0 Å². The number of hydrogen-bond acceptors (Lipinski definition) is 1. The maximum Gasteiger partial charge on any atom is 0.138 e. The van der Waals surface area contributed by atoms with Crippen molar-refractivity contribution in [2.75, 3.05) is 0 Å². The summed E-state index contributed by atoms with van der Waals surface area (Å²) in [5, 5.41) is 14.9. The van der Waals surface area contributed by atoms with Crippen molar-refractivity contribution >= 4 is 97.7 Å². The van der Waals surface area contributed by atoms with Crippen LogP contribution >= 0.6 is 0 Å². The van der Waals surface area contributed by atoms with E-state index in [1.807, 2.05) is 0 Å². The first-order chi connectivity index (χ1) is 34.3. The molecule has 0 radical (unpaired) electrons. The van der Waals surface area contributed by atoms with Gasteiger partial charge >= 0.3 is 0 Å². The molecular formula is C65H40N4. The van der Waals surface area contributed by atoms with E-state index in [0.717, 1.165) is 50.5 Å². The minimum atomic E-state index is 0.874. The van der Waals surface area contributed by atoms with Gasteiger partial charge in [-0.25, -0.2) is 4.98 Å². The fraction of sp³-hybridized carbons (Fsp3) is 0. The standard InChI is InChI=1S/C65H40N4/c1-3-19-41(20-4-1)53-39-59(66-40-54(53)42-35-37-44(38-36-42)67-55-31-15-11-23-45(55)46-24-12-16-32-56(46)67)69-58-34-18-14-30-52(58)62-63-60(48-26-8-10-28-50(48)65(62)69)47-25-7-9-27-49(47)64-61(63)51-29-13-17-33-57(51)68(64)43-21-5-2-6-22-43/h1-40H. The molecule has 15 rings (SSSR count). The molecule has 0 aliphatic carbocycles. The number of aromatic nitrogens is 4. The summed E-state index contributed by atoms with van der Waals surface area (Å²) in [7, 11) is 0. The average molecular weight is 877 g/mol. The van der Waals surface area contributed by atoms with Gasteiger partial charge in [0.15, 0.2) is 0 Å². The van der Waals surface area contributed by atoms with Crippen molar-refractivity contribution in [3.05, 3.63) is 243 Å². The van der Waals surface area contributed by atoms with Crippen molar-refractivity contribution in [1.29, 1.82) is 0 Å². The molecule has 0 bridgehead atoms. The van der Waals surface area contributed by atoms with E-state index >= 15 is 0 Å². The van der Waals surface area contributed by atoms with Crippen LogP contribution in [0, 0.1) is 0 Å². The predicted octanol–water partition coefficient (Wildman–Crippen LogP) is 17.2. The van der Waals surface area contributed by atoms with E-state index in [9.17, 15) is 0 Å². The zero-order chi connectivity index (χ0) is 45.2. The molecule has 0 saturated carbocycles. The van der Waals surface area contributed by atoms with E-state index in [-0.39, 0.29) is 0 Å². The molecule has 0 aliphatic rings. The number of nitrogens with zero attached hydrogens (tertiary/aromatic N) is 4. The Morgan fingerprint density at radius 3 is 1.23 bits per heavy atom. The highest BCUT2D eigenvalue weighted by Crippen LogP contribution is 2.51. The van der Waals surface area contributed by atoms with Gasteiger partial charge in [-0.1, -0.05) is 182 Å². The number of rotatable bonds is 5. The van der Waals surface area contributed by atoms with Crippen molar-refractivity contribution < 1.29 is 0 Å². The summed E-state index contributed by atoms with van der Waals surface area (Å²) in [4.78, 5) is 5.48. The normalized spacial score (nSPS) is 12.1. The molecule has 4 nitrogen and oxygen atoms in total. The molecule has 0 aliphatic heterocycles. The van der Waals surface area contributed by atoms with Crippen LogP contribution < -0.4 is 0 Å². The summed E-state index contributed by atoms with van der Waals surface area (Å²) in [5.74, 6) is 0.874. The molecule has 4 heteroatoms. The van der Waals surface area contributed by atoms with Crippen LogP contribution in [0.25, 0.3) is 137 Å². The van der Waals surface area contributed by atoms with Gasteiger partial charge in [-0.3, -0.25) is 4.57 Å². The average Bonchev–Trinajstić information content (AvgIpc) is 4.08. The van der Waals surface area contributed by atoms with Gasteiger partial charge < -0.3 is 9.13 Å². The highest BCUT2D eigenvalue weighted by molar-refractivity contribution is 6.45. The number of fused-ring (bicyclic) bond motifs is 18. The van der Waals surface area contributed by atoms with Gasteiger partial charge in [-0.15, -0.1) is 0 Å². The Hall–Kier alpha value is -9.25. The predicted molar refractivity (Wildman–Crippen MR) is 291 cm³/mol. The molecule has 320 valence electrons. The minimum absolute atomic E-state index is 0.874. The highest BCUT2D eigenvalue weighted by Gasteiger charge is 2.26. The van der Waals surface area contributed by atoms with E-state index < -0.39 is 0 Å². The summed E-state index contributed by atoms with van der Waals surface area (Å²) in [6, 6.07) is 86.2. The summed E-state index contributed by atoms with van der Waals surface area (Å²) in [6.07, 6.45) is 2.09. The van der Waals surface area contributed by atoms with Gasteiger partial charge in [0.25, 0.3) is 0 Å². The molecule has 0 N–H and O–H groups in total. The number of para-hydroxylation sites is 5. The smallest absolute Gasteiger partial charge is 0.138 e. The summed E-state index contributed by atoms with van der Waals surface area (Å²) in [6.45, 7) is 0. The fourth-order valence-electron chi connectivity index (χ4n) is 11.8. The second kappa shape index (κ2) is 14.6. The Bertz CT molecular complexity index is 4520. The lowest BCUT2D eigenvalue weighted by atomic mass is 9.89. The summed E-state index contributed by atoms with van der Waals surface area (Å²) in [5.41, 5.74) is 13.8. The number of benzene rings is 11. The van der Waals surface area contributed by atoms with Crippen LogP contribution in [0.2, 0.25) is 0 Å². The van der Waals surface area contributed by atoms with Crippen LogP contribution in [0.4, 0.5) is 0 Å². The van der Waals surface area contributed by atoms with Crippen LogP contribution in [-0.4, -0.2) is 18.7 Å². The van der Waals surface area contributed by atoms with E-state index in [0.29, 0.717) is 0 Å². The minimum Gasteiger partial charge on any atom is -0.309 e. The van der Waals surface area contributed by atoms with Gasteiger partial charge in [0, 0.05) is 71.6 Å². The SMILES string of the molecule is c1ccc(-c2cc(-n3c4ccccc4c4c5c(c6ccccc6c6c5c5ccccc5n6-c5ccccc5)c5ccccc5c43)ncc2-c2ccc(-n3c4ccccc4c4ccccc43)cc2)cc1. The largest absolute Gasteiger partial charge is 0.309 e. The Morgan fingerprint density at radius 2 is 0.667 bits per heavy atom. The molecule has 4 heterocycles. The van der Waals surface area contributed by atoms with Gasteiger partial charge in [0.05, 0.1) is 33.1 Å². The second-order valence-corrected chi connectivity index (χ2v) is 18.2. The first-order valence-corrected chi connectivity index (χ1v) is 23.7. The fourth-order valence-corrected chi connectivity index (χ4v) is 11.8. The quantitative estimate of drug-likeness (QED) is 0.158. The molecule has 0 atom stereocenters. The zero-order valence-electron chi connectivity index (χ0n) is 37.4. The maximum atomic E-state index is 5.48. The van der Waals surface area contributed by atoms with E-state index in [1.165, 1.54) is 86.7 Å². The van der Waals surface area contributed by atoms with Gasteiger partial charge in [0.2, 0.25) is 0 Å². The molecule has 0 fully saturated rings. The van der Waals surface area contributed by atoms with Gasteiger partial charge in [-0.05, 0) is 87.4 Å². The highest BCUT2D eigenvalue weighted by atomic mass is 15.1. The Kier molecular flexibility index (Phi) is 8.04. The van der Waals surface area contributed by atoms with Crippen molar-refractivity contribution in [2.24, 2.45) is 0 Å². The van der Waals surface area contributed by atoms with Crippen molar-refractivity contribution in [1.82, 2.24) is 18.7 Å². The monoisotopic (exact) mass is 876 g/mol. The van der Waals surface area contributed by atoms with E-state index in [4.69, 9.17) is 4.98 Å². The molecule has 0 unspecified atom stereocenters. The van der Waals surface area contributed by atoms with Crippen LogP contribution in [0.5, 0.6) is 0 Å². The summed E-state index contributed by atoms with van der Waals surface area (Å²) >= 11 is 0. The molecule has 69 heavy (non-hydrogen) atoms. The lowest BCUT2D eigenvalue weighted by Gasteiger charge is -2.17.